The van der Waals surface area contributed by atoms with Crippen LogP contribution in [0.5, 0.6) is 5.75 Å². The molecule has 2 aromatic carbocycles. The molecule has 4 aromatic rings. The number of halogens is 5. The molecule has 0 unspecified atom stereocenters. The molecule has 0 saturated heterocycles. The summed E-state index contributed by atoms with van der Waals surface area (Å²) in [5.41, 5.74) is -1.09. The number of anilines is 1. The molecule has 6 nitrogen and oxygen atoms in total. The molecule has 0 aliphatic carbocycles. The van der Waals surface area contributed by atoms with Crippen molar-refractivity contribution in [1.82, 2.24) is 14.6 Å². The second-order valence-electron chi connectivity index (χ2n) is 6.62. The van der Waals surface area contributed by atoms with E-state index in [2.05, 4.69) is 15.4 Å². The minimum absolute atomic E-state index is 0.0103. The number of fused-ring (bicyclic) bond motifs is 1. The molecule has 0 bridgehead atoms. The van der Waals surface area contributed by atoms with Gasteiger partial charge in [0.1, 0.15) is 10.8 Å². The van der Waals surface area contributed by atoms with Crippen molar-refractivity contribution in [1.29, 1.82) is 0 Å². The van der Waals surface area contributed by atoms with Gasteiger partial charge in [-0.1, -0.05) is 29.3 Å². The van der Waals surface area contributed by atoms with Crippen LogP contribution in [-0.2, 0) is 6.18 Å². The van der Waals surface area contributed by atoms with E-state index in [1.165, 1.54) is 13.2 Å². The molecule has 32 heavy (non-hydrogen) atoms. The lowest BCUT2D eigenvalue weighted by atomic mass is 10.1. The van der Waals surface area contributed by atoms with Crippen molar-refractivity contribution in [2.24, 2.45) is 0 Å². The van der Waals surface area contributed by atoms with E-state index in [-0.39, 0.29) is 16.4 Å². The van der Waals surface area contributed by atoms with Crippen molar-refractivity contribution in [2.75, 3.05) is 12.4 Å². The Kier molecular flexibility index (Phi) is 5.70. The van der Waals surface area contributed by atoms with Crippen molar-refractivity contribution in [3.63, 3.8) is 0 Å². The highest BCUT2D eigenvalue weighted by molar-refractivity contribution is 6.37. The van der Waals surface area contributed by atoms with Crippen LogP contribution in [0.1, 0.15) is 16.2 Å². The standard InChI is InChI=1S/C21H13Cl2F3N4O2/c1-32-14-7-5-11(6-8-14)15-10-16(21(24,25)26)30-19(28-15)17(23)18(29-30)20(31)27-13-4-2-3-12(22)9-13/h2-10H,1H3,(H,27,31). The van der Waals surface area contributed by atoms with Gasteiger partial charge in [0.05, 0.1) is 12.8 Å². The Bertz CT molecular complexity index is 1320. The molecule has 2 heterocycles. The average molecular weight is 481 g/mol. The fourth-order valence-electron chi connectivity index (χ4n) is 3.00. The van der Waals surface area contributed by atoms with Crippen molar-refractivity contribution in [3.8, 4) is 17.0 Å². The fourth-order valence-corrected chi connectivity index (χ4v) is 3.44. The molecule has 2 aromatic heterocycles. The van der Waals surface area contributed by atoms with Crippen LogP contribution in [0, 0.1) is 0 Å². The molecule has 0 aliphatic heterocycles. The summed E-state index contributed by atoms with van der Waals surface area (Å²) >= 11 is 12.2. The Hall–Kier alpha value is -3.30. The maximum absolute atomic E-state index is 13.8. The zero-order valence-corrected chi connectivity index (χ0v) is 17.8. The lowest BCUT2D eigenvalue weighted by molar-refractivity contribution is -0.142. The second-order valence-corrected chi connectivity index (χ2v) is 7.43. The number of carbonyl (C=O) groups is 1. The minimum Gasteiger partial charge on any atom is -0.497 e. The van der Waals surface area contributed by atoms with E-state index in [1.54, 1.807) is 42.5 Å². The molecule has 0 saturated carbocycles. The lowest BCUT2D eigenvalue weighted by Gasteiger charge is -2.11. The van der Waals surface area contributed by atoms with Gasteiger partial charge in [-0.15, -0.1) is 0 Å². The molecular weight excluding hydrogens is 468 g/mol. The van der Waals surface area contributed by atoms with E-state index >= 15 is 0 Å². The highest BCUT2D eigenvalue weighted by atomic mass is 35.5. The van der Waals surface area contributed by atoms with Crippen molar-refractivity contribution in [3.05, 3.63) is 76.0 Å². The number of nitrogens with one attached hydrogen (secondary N) is 1. The summed E-state index contributed by atoms with van der Waals surface area (Å²) in [6.07, 6.45) is -4.78. The number of rotatable bonds is 4. The van der Waals surface area contributed by atoms with Gasteiger partial charge in [0.25, 0.3) is 5.91 Å². The second kappa shape index (κ2) is 8.33. The third kappa shape index (κ3) is 4.21. The van der Waals surface area contributed by atoms with Gasteiger partial charge in [-0.3, -0.25) is 4.79 Å². The molecule has 0 atom stereocenters. The summed E-state index contributed by atoms with van der Waals surface area (Å²) < 4.78 is 47.0. The summed E-state index contributed by atoms with van der Waals surface area (Å²) in [6.45, 7) is 0. The zero-order chi connectivity index (χ0) is 23.0. The number of carbonyl (C=O) groups excluding carboxylic acids is 1. The molecule has 11 heteroatoms. The first-order chi connectivity index (χ1) is 15.2. The maximum atomic E-state index is 13.8. The molecule has 164 valence electrons. The number of methoxy groups -OCH3 is 1. The minimum atomic E-state index is -4.78. The Labute approximate surface area is 189 Å². The summed E-state index contributed by atoms with van der Waals surface area (Å²) in [4.78, 5) is 16.9. The smallest absolute Gasteiger partial charge is 0.433 e. The third-order valence-electron chi connectivity index (χ3n) is 4.51. The largest absolute Gasteiger partial charge is 0.497 e. The van der Waals surface area contributed by atoms with E-state index in [1.807, 2.05) is 0 Å². The highest BCUT2D eigenvalue weighted by Gasteiger charge is 2.36. The van der Waals surface area contributed by atoms with Crippen molar-refractivity contribution in [2.45, 2.75) is 6.18 Å². The van der Waals surface area contributed by atoms with Crippen LogP contribution in [0.15, 0.2) is 54.6 Å². The van der Waals surface area contributed by atoms with Gasteiger partial charge in [0.2, 0.25) is 0 Å². The van der Waals surface area contributed by atoms with E-state index in [0.717, 1.165) is 6.07 Å². The topological polar surface area (TPSA) is 68.5 Å². The van der Waals surface area contributed by atoms with Gasteiger partial charge in [-0.2, -0.15) is 18.3 Å². The maximum Gasteiger partial charge on any atom is 0.433 e. The van der Waals surface area contributed by atoms with Crippen molar-refractivity contribution >= 4 is 40.4 Å². The zero-order valence-electron chi connectivity index (χ0n) is 16.2. The predicted octanol–water partition coefficient (Wildman–Crippen LogP) is 5.98. The van der Waals surface area contributed by atoms with Gasteiger partial charge in [0.15, 0.2) is 17.0 Å². The highest BCUT2D eigenvalue weighted by Crippen LogP contribution is 2.35. The number of hydrogen-bond acceptors (Lipinski definition) is 4. The molecule has 0 radical (unpaired) electrons. The quantitative estimate of drug-likeness (QED) is 0.389. The summed E-state index contributed by atoms with van der Waals surface area (Å²) in [5.74, 6) is -0.268. The van der Waals surface area contributed by atoms with E-state index < -0.39 is 23.5 Å². The van der Waals surface area contributed by atoms with E-state index in [4.69, 9.17) is 27.9 Å². The van der Waals surface area contributed by atoms with Crippen molar-refractivity contribution < 1.29 is 22.7 Å². The number of aromatic nitrogens is 3. The van der Waals surface area contributed by atoms with Gasteiger partial charge in [-0.25, -0.2) is 9.50 Å². The summed E-state index contributed by atoms with van der Waals surface area (Å²) in [6, 6.07) is 13.4. The number of ether oxygens (including phenoxy) is 1. The molecule has 0 fully saturated rings. The molecule has 1 amide bonds. The number of benzene rings is 2. The first kappa shape index (κ1) is 21.9. The van der Waals surface area contributed by atoms with Gasteiger partial charge in [0, 0.05) is 16.3 Å². The van der Waals surface area contributed by atoms with Crippen LogP contribution < -0.4 is 10.1 Å². The van der Waals surface area contributed by atoms with Crippen LogP contribution in [0.25, 0.3) is 16.9 Å². The summed E-state index contributed by atoms with van der Waals surface area (Å²) in [7, 11) is 1.48. The first-order valence-electron chi connectivity index (χ1n) is 9.05. The summed E-state index contributed by atoms with van der Waals surface area (Å²) in [5, 5.41) is 6.36. The Morgan fingerprint density at radius 2 is 1.81 bits per heavy atom. The molecule has 0 spiro atoms. The molecule has 0 aliphatic rings. The van der Waals surface area contributed by atoms with E-state index in [0.29, 0.717) is 26.5 Å². The average Bonchev–Trinajstić information content (AvgIpc) is 3.09. The van der Waals surface area contributed by atoms with Gasteiger partial charge >= 0.3 is 6.18 Å². The number of amides is 1. The van der Waals surface area contributed by atoms with Gasteiger partial charge < -0.3 is 10.1 Å². The van der Waals surface area contributed by atoms with E-state index in [9.17, 15) is 18.0 Å². The van der Waals surface area contributed by atoms with Crippen LogP contribution >= 0.6 is 23.2 Å². The first-order valence-corrected chi connectivity index (χ1v) is 9.81. The Morgan fingerprint density at radius 3 is 2.44 bits per heavy atom. The Morgan fingerprint density at radius 1 is 1.09 bits per heavy atom. The fraction of sp³-hybridized carbons (Fsp3) is 0.0952. The van der Waals surface area contributed by atoms with Gasteiger partial charge in [-0.05, 0) is 48.5 Å². The molecule has 1 N–H and O–H groups in total. The Balaban J connectivity index is 1.83. The number of nitrogens with zero attached hydrogens (tertiary/aromatic N) is 3. The van der Waals surface area contributed by atoms with Crippen LogP contribution in [0.4, 0.5) is 18.9 Å². The van der Waals surface area contributed by atoms with Crippen LogP contribution in [0.2, 0.25) is 10.0 Å². The molecule has 4 rings (SSSR count). The predicted molar refractivity (Wildman–Crippen MR) is 114 cm³/mol. The molecular formula is C21H13Cl2F3N4O2. The number of hydrogen-bond donors (Lipinski definition) is 1. The van der Waals surface area contributed by atoms with Crippen LogP contribution in [-0.4, -0.2) is 27.6 Å². The third-order valence-corrected chi connectivity index (χ3v) is 5.09. The lowest BCUT2D eigenvalue weighted by Crippen LogP contribution is -2.15. The SMILES string of the molecule is COc1ccc(-c2cc(C(F)(F)F)n3nc(C(=O)Nc4cccc(Cl)c4)c(Cl)c3n2)cc1. The number of alkyl halides is 3. The monoisotopic (exact) mass is 480 g/mol. The normalized spacial score (nSPS) is 11.6. The van der Waals surface area contributed by atoms with Crippen LogP contribution in [0.3, 0.4) is 0 Å².